The maximum Gasteiger partial charge on any atom is 0.273 e. The van der Waals surface area contributed by atoms with Crippen molar-refractivity contribution in [2.75, 3.05) is 0 Å². The average Bonchev–Trinajstić information content (AvgIpc) is 2.03. The van der Waals surface area contributed by atoms with Crippen molar-refractivity contribution in [3.05, 3.63) is 33.6 Å². The molecule has 0 amide bonds. The molecule has 0 saturated heterocycles. The van der Waals surface area contributed by atoms with E-state index in [4.69, 9.17) is 5.73 Å². The van der Waals surface area contributed by atoms with Crippen molar-refractivity contribution in [2.24, 2.45) is 5.73 Å². The minimum absolute atomic E-state index is 0.0444. The lowest BCUT2D eigenvalue weighted by molar-refractivity contribution is -0.385. The summed E-state index contributed by atoms with van der Waals surface area (Å²) in [5.74, 6) is 0. The first-order valence-electron chi connectivity index (χ1n) is 3.45. The summed E-state index contributed by atoms with van der Waals surface area (Å²) in [5.41, 5.74) is 6.51. The normalized spacial score (nSPS) is 9.83. The fourth-order valence-corrected chi connectivity index (χ4v) is 0.927. The molecule has 2 N–H and O–H groups in total. The summed E-state index contributed by atoms with van der Waals surface area (Å²) in [5, 5.41) is 10.4. The Morgan fingerprint density at radius 2 is 2.33 bits per heavy atom. The second-order valence-corrected chi connectivity index (χ2v) is 2.42. The van der Waals surface area contributed by atoms with Gasteiger partial charge in [0.05, 0.1) is 10.6 Å². The standard InChI is InChI=1S/C7H9N3O2/c1-5-2-7(10(11)12)3-6(4-8)9-5/h2-3H,4,8H2,1H3. The number of aromatic nitrogens is 1. The Bertz CT molecular complexity index is 312. The summed E-state index contributed by atoms with van der Waals surface area (Å²) in [6.45, 7) is 1.93. The maximum atomic E-state index is 10.4. The number of rotatable bonds is 2. The lowest BCUT2D eigenvalue weighted by Crippen LogP contribution is -2.02. The molecule has 0 aliphatic heterocycles. The summed E-state index contributed by atoms with van der Waals surface area (Å²) in [6.07, 6.45) is 0. The number of nitrogens with two attached hydrogens (primary N) is 1. The highest BCUT2D eigenvalue weighted by Crippen LogP contribution is 2.12. The van der Waals surface area contributed by atoms with Crippen molar-refractivity contribution in [1.29, 1.82) is 0 Å². The van der Waals surface area contributed by atoms with Gasteiger partial charge in [-0.2, -0.15) is 0 Å². The van der Waals surface area contributed by atoms with E-state index in [1.54, 1.807) is 6.92 Å². The van der Waals surface area contributed by atoms with Crippen molar-refractivity contribution in [1.82, 2.24) is 4.98 Å². The molecule has 0 unspecified atom stereocenters. The van der Waals surface area contributed by atoms with Crippen LogP contribution in [0.15, 0.2) is 12.1 Å². The number of hydrogen-bond acceptors (Lipinski definition) is 4. The first-order chi connectivity index (χ1) is 5.63. The second kappa shape index (κ2) is 3.27. The van der Waals surface area contributed by atoms with Crippen LogP contribution in [0.1, 0.15) is 11.4 Å². The number of aryl methyl sites for hydroxylation is 1. The van der Waals surface area contributed by atoms with E-state index in [1.807, 2.05) is 0 Å². The van der Waals surface area contributed by atoms with Gasteiger partial charge in [0.15, 0.2) is 0 Å². The Morgan fingerprint density at radius 3 is 2.83 bits per heavy atom. The lowest BCUT2D eigenvalue weighted by atomic mass is 10.3. The average molecular weight is 167 g/mol. The lowest BCUT2D eigenvalue weighted by Gasteiger charge is -1.97. The van der Waals surface area contributed by atoms with E-state index in [-0.39, 0.29) is 12.2 Å². The molecule has 5 nitrogen and oxygen atoms in total. The topological polar surface area (TPSA) is 82.0 Å². The molecule has 0 saturated carbocycles. The van der Waals surface area contributed by atoms with E-state index in [0.29, 0.717) is 11.4 Å². The minimum Gasteiger partial charge on any atom is -0.325 e. The highest BCUT2D eigenvalue weighted by Gasteiger charge is 2.07. The Balaban J connectivity index is 3.15. The van der Waals surface area contributed by atoms with Crippen LogP contribution in [-0.2, 0) is 6.54 Å². The van der Waals surface area contributed by atoms with E-state index in [0.717, 1.165) is 0 Å². The monoisotopic (exact) mass is 167 g/mol. The zero-order valence-corrected chi connectivity index (χ0v) is 6.65. The molecule has 1 aromatic heterocycles. The summed E-state index contributed by atoms with van der Waals surface area (Å²) in [7, 11) is 0. The molecule has 0 fully saturated rings. The smallest absolute Gasteiger partial charge is 0.273 e. The van der Waals surface area contributed by atoms with Gasteiger partial charge in [0.1, 0.15) is 0 Å². The summed E-state index contributed by atoms with van der Waals surface area (Å²) in [4.78, 5) is 13.9. The van der Waals surface area contributed by atoms with Crippen molar-refractivity contribution in [3.63, 3.8) is 0 Å². The molecule has 0 bridgehead atoms. The van der Waals surface area contributed by atoms with Gasteiger partial charge in [-0.05, 0) is 6.92 Å². The van der Waals surface area contributed by atoms with Gasteiger partial charge in [-0.3, -0.25) is 15.1 Å². The summed E-state index contributed by atoms with van der Waals surface area (Å²) >= 11 is 0. The zero-order valence-electron chi connectivity index (χ0n) is 6.65. The number of pyridine rings is 1. The van der Waals surface area contributed by atoms with Crippen LogP contribution in [0.5, 0.6) is 0 Å². The van der Waals surface area contributed by atoms with Crippen LogP contribution >= 0.6 is 0 Å². The minimum atomic E-state index is -0.451. The van der Waals surface area contributed by atoms with Crippen LogP contribution in [0.3, 0.4) is 0 Å². The molecule has 0 atom stereocenters. The SMILES string of the molecule is Cc1cc([N+](=O)[O-])cc(CN)n1. The molecule has 1 aromatic rings. The number of nitro groups is 1. The zero-order chi connectivity index (χ0) is 9.14. The van der Waals surface area contributed by atoms with E-state index in [2.05, 4.69) is 4.98 Å². The van der Waals surface area contributed by atoms with E-state index in [9.17, 15) is 10.1 Å². The van der Waals surface area contributed by atoms with Crippen LogP contribution in [0.4, 0.5) is 5.69 Å². The Labute approximate surface area is 69.4 Å². The molecule has 0 radical (unpaired) electrons. The Kier molecular flexibility index (Phi) is 2.35. The first kappa shape index (κ1) is 8.61. The van der Waals surface area contributed by atoms with Gasteiger partial charge < -0.3 is 5.73 Å². The largest absolute Gasteiger partial charge is 0.325 e. The van der Waals surface area contributed by atoms with Gasteiger partial charge in [0, 0.05) is 24.4 Å². The highest BCUT2D eigenvalue weighted by atomic mass is 16.6. The van der Waals surface area contributed by atoms with Crippen molar-refractivity contribution >= 4 is 5.69 Å². The van der Waals surface area contributed by atoms with Crippen LogP contribution < -0.4 is 5.73 Å². The molecule has 0 aliphatic rings. The fourth-order valence-electron chi connectivity index (χ4n) is 0.927. The van der Waals surface area contributed by atoms with Crippen LogP contribution in [-0.4, -0.2) is 9.91 Å². The predicted octanol–water partition coefficient (Wildman–Crippen LogP) is 0.757. The Hall–Kier alpha value is -1.49. The van der Waals surface area contributed by atoms with E-state index < -0.39 is 4.92 Å². The molecule has 5 heteroatoms. The number of nitrogens with zero attached hydrogens (tertiary/aromatic N) is 2. The second-order valence-electron chi connectivity index (χ2n) is 2.42. The predicted molar refractivity (Wildman–Crippen MR) is 43.5 cm³/mol. The first-order valence-corrected chi connectivity index (χ1v) is 3.45. The quantitative estimate of drug-likeness (QED) is 0.520. The van der Waals surface area contributed by atoms with Crippen LogP contribution in [0, 0.1) is 17.0 Å². The van der Waals surface area contributed by atoms with E-state index in [1.165, 1.54) is 12.1 Å². The molecule has 12 heavy (non-hydrogen) atoms. The molecular formula is C7H9N3O2. The van der Waals surface area contributed by atoms with Gasteiger partial charge in [-0.15, -0.1) is 0 Å². The van der Waals surface area contributed by atoms with Crippen LogP contribution in [0.25, 0.3) is 0 Å². The Morgan fingerprint density at radius 1 is 1.67 bits per heavy atom. The van der Waals surface area contributed by atoms with Gasteiger partial charge in [-0.25, -0.2) is 0 Å². The third kappa shape index (κ3) is 1.76. The molecule has 64 valence electrons. The highest BCUT2D eigenvalue weighted by molar-refractivity contribution is 5.32. The van der Waals surface area contributed by atoms with Gasteiger partial charge >= 0.3 is 0 Å². The van der Waals surface area contributed by atoms with Gasteiger partial charge in [0.2, 0.25) is 0 Å². The van der Waals surface area contributed by atoms with Crippen molar-refractivity contribution in [2.45, 2.75) is 13.5 Å². The third-order valence-electron chi connectivity index (χ3n) is 1.41. The van der Waals surface area contributed by atoms with Gasteiger partial charge in [0.25, 0.3) is 5.69 Å². The number of hydrogen-bond donors (Lipinski definition) is 1. The molecule has 1 heterocycles. The molecule has 1 rings (SSSR count). The molecule has 0 aromatic carbocycles. The van der Waals surface area contributed by atoms with Crippen molar-refractivity contribution < 1.29 is 4.92 Å². The maximum absolute atomic E-state index is 10.4. The van der Waals surface area contributed by atoms with Crippen molar-refractivity contribution in [3.8, 4) is 0 Å². The van der Waals surface area contributed by atoms with Crippen LogP contribution in [0.2, 0.25) is 0 Å². The molecule has 0 spiro atoms. The summed E-state index contributed by atoms with van der Waals surface area (Å²) in [6, 6.07) is 2.80. The van der Waals surface area contributed by atoms with Gasteiger partial charge in [-0.1, -0.05) is 0 Å². The van der Waals surface area contributed by atoms with E-state index >= 15 is 0 Å². The third-order valence-corrected chi connectivity index (χ3v) is 1.41. The summed E-state index contributed by atoms with van der Waals surface area (Å²) < 4.78 is 0. The molecule has 0 aliphatic carbocycles. The fraction of sp³-hybridized carbons (Fsp3) is 0.286. The molecular weight excluding hydrogens is 158 g/mol.